The lowest BCUT2D eigenvalue weighted by atomic mass is 10.1. The normalized spacial score (nSPS) is 11.4. The SMILES string of the molecule is Cc1cc(C(=O)CSc2nnnn2C)c(C)n1CCC(C)C. The maximum atomic E-state index is 12.5. The van der Waals surface area contributed by atoms with Gasteiger partial charge in [0, 0.05) is 30.5 Å². The zero-order valence-corrected chi connectivity index (χ0v) is 14.6. The molecular formula is C15H23N5OS. The van der Waals surface area contributed by atoms with E-state index in [1.807, 2.05) is 13.0 Å². The van der Waals surface area contributed by atoms with E-state index in [0.29, 0.717) is 16.8 Å². The number of ketones is 1. The summed E-state index contributed by atoms with van der Waals surface area (Å²) in [5, 5.41) is 11.9. The summed E-state index contributed by atoms with van der Waals surface area (Å²) in [6.07, 6.45) is 1.11. The Morgan fingerprint density at radius 2 is 2.09 bits per heavy atom. The lowest BCUT2D eigenvalue weighted by Crippen LogP contribution is -2.08. The first-order valence-corrected chi connectivity index (χ1v) is 8.43. The van der Waals surface area contributed by atoms with E-state index in [4.69, 9.17) is 0 Å². The van der Waals surface area contributed by atoms with Crippen molar-refractivity contribution >= 4 is 17.5 Å². The topological polar surface area (TPSA) is 65.6 Å². The van der Waals surface area contributed by atoms with Gasteiger partial charge in [-0.05, 0) is 42.7 Å². The van der Waals surface area contributed by atoms with E-state index in [0.717, 1.165) is 29.9 Å². The largest absolute Gasteiger partial charge is 0.348 e. The third-order valence-electron chi connectivity index (χ3n) is 3.72. The minimum absolute atomic E-state index is 0.122. The first-order chi connectivity index (χ1) is 10.4. The number of aryl methyl sites for hydroxylation is 2. The smallest absolute Gasteiger partial charge is 0.209 e. The third-order valence-corrected chi connectivity index (χ3v) is 4.73. The highest BCUT2D eigenvalue weighted by Crippen LogP contribution is 2.21. The molecule has 2 aromatic rings. The quantitative estimate of drug-likeness (QED) is 0.579. The van der Waals surface area contributed by atoms with Crippen LogP contribution in [0.4, 0.5) is 0 Å². The highest BCUT2D eigenvalue weighted by molar-refractivity contribution is 7.99. The minimum Gasteiger partial charge on any atom is -0.348 e. The average Bonchev–Trinajstić information content (AvgIpc) is 2.98. The van der Waals surface area contributed by atoms with Gasteiger partial charge in [0.1, 0.15) is 0 Å². The standard InChI is InChI=1S/C15H23N5OS/c1-10(2)6-7-20-11(3)8-13(12(20)4)14(21)9-22-15-16-17-18-19(15)5/h8,10H,6-7,9H2,1-5H3. The second-order valence-corrected chi connectivity index (χ2v) is 6.86. The summed E-state index contributed by atoms with van der Waals surface area (Å²) >= 11 is 1.37. The molecule has 0 bridgehead atoms. The molecule has 2 rings (SSSR count). The van der Waals surface area contributed by atoms with Crippen LogP contribution in [0, 0.1) is 19.8 Å². The highest BCUT2D eigenvalue weighted by Gasteiger charge is 2.17. The Labute approximate surface area is 135 Å². The van der Waals surface area contributed by atoms with E-state index in [-0.39, 0.29) is 5.78 Å². The molecule has 0 aliphatic carbocycles. The Bertz CT molecular complexity index is 659. The van der Waals surface area contributed by atoms with Crippen LogP contribution in [0.3, 0.4) is 0 Å². The molecule has 120 valence electrons. The summed E-state index contributed by atoms with van der Waals surface area (Å²) in [5.41, 5.74) is 3.01. The number of hydrogen-bond donors (Lipinski definition) is 0. The molecule has 0 amide bonds. The molecular weight excluding hydrogens is 298 g/mol. The third kappa shape index (κ3) is 3.76. The summed E-state index contributed by atoms with van der Waals surface area (Å²) in [4.78, 5) is 12.5. The second-order valence-electron chi connectivity index (χ2n) is 5.92. The maximum Gasteiger partial charge on any atom is 0.209 e. The van der Waals surface area contributed by atoms with Crippen LogP contribution in [0.25, 0.3) is 0 Å². The van der Waals surface area contributed by atoms with E-state index in [9.17, 15) is 4.79 Å². The van der Waals surface area contributed by atoms with Crippen molar-refractivity contribution < 1.29 is 4.79 Å². The predicted molar refractivity (Wildman–Crippen MR) is 87.2 cm³/mol. The summed E-state index contributed by atoms with van der Waals surface area (Å²) in [7, 11) is 1.77. The van der Waals surface area contributed by atoms with Gasteiger partial charge in [-0.3, -0.25) is 4.79 Å². The predicted octanol–water partition coefficient (Wildman–Crippen LogP) is 2.65. The van der Waals surface area contributed by atoms with Crippen LogP contribution in [0.2, 0.25) is 0 Å². The van der Waals surface area contributed by atoms with Gasteiger partial charge in [0.15, 0.2) is 5.78 Å². The van der Waals surface area contributed by atoms with Gasteiger partial charge in [-0.15, -0.1) is 5.10 Å². The molecule has 22 heavy (non-hydrogen) atoms. The summed E-state index contributed by atoms with van der Waals surface area (Å²) in [6.45, 7) is 9.47. The van der Waals surface area contributed by atoms with Gasteiger partial charge in [-0.25, -0.2) is 4.68 Å². The Kier molecular flexibility index (Phi) is 5.39. The van der Waals surface area contributed by atoms with Crippen LogP contribution in [0.15, 0.2) is 11.2 Å². The van der Waals surface area contributed by atoms with Crippen molar-refractivity contribution in [2.75, 3.05) is 5.75 Å². The highest BCUT2D eigenvalue weighted by atomic mass is 32.2. The lowest BCUT2D eigenvalue weighted by Gasteiger charge is -2.11. The number of thioether (sulfide) groups is 1. The number of nitrogens with zero attached hydrogens (tertiary/aromatic N) is 5. The number of carbonyl (C=O) groups is 1. The van der Waals surface area contributed by atoms with Crippen molar-refractivity contribution in [1.29, 1.82) is 0 Å². The molecule has 0 aromatic carbocycles. The van der Waals surface area contributed by atoms with Gasteiger partial charge in [-0.2, -0.15) is 0 Å². The average molecular weight is 321 g/mol. The molecule has 0 aliphatic heterocycles. The van der Waals surface area contributed by atoms with Crippen LogP contribution in [-0.4, -0.2) is 36.3 Å². The monoisotopic (exact) mass is 321 g/mol. The van der Waals surface area contributed by atoms with E-state index in [1.165, 1.54) is 11.8 Å². The van der Waals surface area contributed by atoms with Gasteiger partial charge in [0.25, 0.3) is 0 Å². The van der Waals surface area contributed by atoms with E-state index in [2.05, 4.69) is 40.9 Å². The zero-order valence-electron chi connectivity index (χ0n) is 13.8. The first-order valence-electron chi connectivity index (χ1n) is 7.45. The van der Waals surface area contributed by atoms with Gasteiger partial charge >= 0.3 is 0 Å². The molecule has 0 aliphatic rings. The second kappa shape index (κ2) is 7.09. The molecule has 7 heteroatoms. The van der Waals surface area contributed by atoms with Crippen molar-refractivity contribution in [3.8, 4) is 0 Å². The van der Waals surface area contributed by atoms with Crippen molar-refractivity contribution in [2.24, 2.45) is 13.0 Å². The van der Waals surface area contributed by atoms with Crippen molar-refractivity contribution in [3.63, 3.8) is 0 Å². The van der Waals surface area contributed by atoms with Crippen LogP contribution < -0.4 is 0 Å². The molecule has 0 saturated heterocycles. The van der Waals surface area contributed by atoms with Crippen LogP contribution >= 0.6 is 11.8 Å². The van der Waals surface area contributed by atoms with Crippen LogP contribution in [-0.2, 0) is 13.6 Å². The summed E-state index contributed by atoms with van der Waals surface area (Å²) in [5.74, 6) is 1.12. The maximum absolute atomic E-state index is 12.5. The molecule has 2 heterocycles. The number of rotatable bonds is 7. The van der Waals surface area contributed by atoms with Gasteiger partial charge in [-0.1, -0.05) is 25.6 Å². The number of aromatic nitrogens is 5. The fraction of sp³-hybridized carbons (Fsp3) is 0.600. The Morgan fingerprint density at radius 1 is 1.36 bits per heavy atom. The Morgan fingerprint density at radius 3 is 2.68 bits per heavy atom. The molecule has 0 unspecified atom stereocenters. The number of Topliss-reactive ketones (excluding diaryl/α,β-unsaturated/α-hetero) is 1. The number of hydrogen-bond acceptors (Lipinski definition) is 5. The van der Waals surface area contributed by atoms with Crippen molar-refractivity contribution in [2.45, 2.75) is 45.8 Å². The summed E-state index contributed by atoms with van der Waals surface area (Å²) < 4.78 is 3.81. The van der Waals surface area contributed by atoms with E-state index >= 15 is 0 Å². The summed E-state index contributed by atoms with van der Waals surface area (Å²) in [6, 6.07) is 1.99. The number of tetrazole rings is 1. The molecule has 0 N–H and O–H groups in total. The van der Waals surface area contributed by atoms with Crippen molar-refractivity contribution in [3.05, 3.63) is 23.0 Å². The first kappa shape index (κ1) is 16.7. The Balaban J connectivity index is 2.06. The molecule has 6 nitrogen and oxygen atoms in total. The van der Waals surface area contributed by atoms with Crippen LogP contribution in [0.1, 0.15) is 42.0 Å². The van der Waals surface area contributed by atoms with Gasteiger partial charge in [0.2, 0.25) is 5.16 Å². The Hall–Kier alpha value is -1.63. The molecule has 0 atom stereocenters. The van der Waals surface area contributed by atoms with Gasteiger partial charge < -0.3 is 4.57 Å². The molecule has 0 radical (unpaired) electrons. The molecule has 2 aromatic heterocycles. The fourth-order valence-corrected chi connectivity index (χ4v) is 3.10. The van der Waals surface area contributed by atoms with Crippen molar-refractivity contribution in [1.82, 2.24) is 24.8 Å². The van der Waals surface area contributed by atoms with E-state index in [1.54, 1.807) is 11.7 Å². The number of carbonyl (C=O) groups excluding carboxylic acids is 1. The van der Waals surface area contributed by atoms with Gasteiger partial charge in [0.05, 0.1) is 5.75 Å². The minimum atomic E-state index is 0.122. The zero-order chi connectivity index (χ0) is 16.3. The lowest BCUT2D eigenvalue weighted by molar-refractivity contribution is 0.102. The van der Waals surface area contributed by atoms with E-state index < -0.39 is 0 Å². The molecule has 0 saturated carbocycles. The molecule has 0 fully saturated rings. The molecule has 0 spiro atoms. The fourth-order valence-electron chi connectivity index (χ4n) is 2.37. The van der Waals surface area contributed by atoms with Crippen LogP contribution in [0.5, 0.6) is 0 Å².